The molecule has 0 radical (unpaired) electrons. The quantitative estimate of drug-likeness (QED) is 0.812. The van der Waals surface area contributed by atoms with Crippen LogP contribution in [0.4, 0.5) is 0 Å². The molecular weight excluding hydrogens is 196 g/mol. The summed E-state index contributed by atoms with van der Waals surface area (Å²) >= 11 is 0. The lowest BCUT2D eigenvalue weighted by molar-refractivity contribution is 0.217. The van der Waals surface area contributed by atoms with Crippen molar-refractivity contribution in [2.24, 2.45) is 5.92 Å². The van der Waals surface area contributed by atoms with E-state index in [-0.39, 0.29) is 0 Å². The second kappa shape index (κ2) is 4.19. The molecule has 3 unspecified atom stereocenters. The topological polar surface area (TPSA) is 15.3 Å². The number of nitrogens with one attached hydrogen (secondary N) is 1. The smallest absolute Gasteiger partial charge is 0.0290 e. The Morgan fingerprint density at radius 3 is 2.94 bits per heavy atom. The van der Waals surface area contributed by atoms with Crippen molar-refractivity contribution < 1.29 is 0 Å². The van der Waals surface area contributed by atoms with Crippen LogP contribution in [0.3, 0.4) is 0 Å². The first-order valence-electron chi connectivity index (χ1n) is 6.36. The van der Waals surface area contributed by atoms with Gasteiger partial charge < -0.3 is 5.32 Å². The van der Waals surface area contributed by atoms with Gasteiger partial charge in [-0.15, -0.1) is 0 Å². The molecular formula is C14H20N2. The lowest BCUT2D eigenvalue weighted by Gasteiger charge is -2.27. The van der Waals surface area contributed by atoms with Crippen molar-refractivity contribution in [1.82, 2.24) is 10.2 Å². The van der Waals surface area contributed by atoms with Crippen molar-refractivity contribution in [2.45, 2.75) is 32.0 Å². The van der Waals surface area contributed by atoms with Crippen LogP contribution in [-0.4, -0.2) is 30.1 Å². The Kier molecular flexibility index (Phi) is 2.70. The molecule has 0 bridgehead atoms. The highest BCUT2D eigenvalue weighted by atomic mass is 15.2. The monoisotopic (exact) mass is 216 g/mol. The fourth-order valence-corrected chi connectivity index (χ4v) is 3.36. The van der Waals surface area contributed by atoms with Gasteiger partial charge in [-0.05, 0) is 37.9 Å². The molecule has 2 nitrogen and oxygen atoms in total. The lowest BCUT2D eigenvalue weighted by Crippen LogP contribution is -2.39. The van der Waals surface area contributed by atoms with Crippen LogP contribution in [0.5, 0.6) is 0 Å². The second-order valence-electron chi connectivity index (χ2n) is 5.19. The van der Waals surface area contributed by atoms with Gasteiger partial charge in [0.15, 0.2) is 0 Å². The zero-order chi connectivity index (χ0) is 11.0. The van der Waals surface area contributed by atoms with Gasteiger partial charge in [0.25, 0.3) is 0 Å². The zero-order valence-corrected chi connectivity index (χ0v) is 9.89. The molecule has 3 rings (SSSR count). The van der Waals surface area contributed by atoms with Crippen LogP contribution in [0.1, 0.15) is 18.9 Å². The van der Waals surface area contributed by atoms with Gasteiger partial charge in [-0.2, -0.15) is 0 Å². The van der Waals surface area contributed by atoms with E-state index in [1.54, 1.807) is 0 Å². The number of likely N-dealkylation sites (tertiary alicyclic amines) is 1. The summed E-state index contributed by atoms with van der Waals surface area (Å²) in [4.78, 5) is 2.66. The Labute approximate surface area is 97.6 Å². The number of fused-ring (bicyclic) bond motifs is 1. The number of hydrogen-bond donors (Lipinski definition) is 1. The molecule has 1 aromatic carbocycles. The van der Waals surface area contributed by atoms with E-state index in [4.69, 9.17) is 0 Å². The molecule has 1 N–H and O–H groups in total. The third kappa shape index (κ3) is 1.76. The fraction of sp³-hybridized carbons (Fsp3) is 0.571. The van der Waals surface area contributed by atoms with E-state index in [1.807, 2.05) is 0 Å². The van der Waals surface area contributed by atoms with Crippen molar-refractivity contribution in [3.8, 4) is 0 Å². The number of hydrogen-bond acceptors (Lipinski definition) is 2. The van der Waals surface area contributed by atoms with Crippen LogP contribution >= 0.6 is 0 Å². The average Bonchev–Trinajstić information content (AvgIpc) is 2.86. The van der Waals surface area contributed by atoms with Crippen molar-refractivity contribution in [2.75, 3.05) is 13.1 Å². The van der Waals surface area contributed by atoms with Crippen LogP contribution < -0.4 is 5.32 Å². The maximum atomic E-state index is 3.60. The predicted octanol–water partition coefficient (Wildman–Crippen LogP) is 1.87. The molecule has 1 aromatic rings. The Morgan fingerprint density at radius 1 is 1.31 bits per heavy atom. The Bertz CT molecular complexity index is 349. The first-order chi connectivity index (χ1) is 7.84. The highest BCUT2D eigenvalue weighted by Crippen LogP contribution is 2.31. The van der Waals surface area contributed by atoms with Gasteiger partial charge in [-0.25, -0.2) is 0 Å². The van der Waals surface area contributed by atoms with E-state index in [0.29, 0.717) is 6.04 Å². The minimum absolute atomic E-state index is 0.663. The first-order valence-corrected chi connectivity index (χ1v) is 6.36. The summed E-state index contributed by atoms with van der Waals surface area (Å²) in [5.74, 6) is 0.888. The van der Waals surface area contributed by atoms with Crippen molar-refractivity contribution in [3.63, 3.8) is 0 Å². The second-order valence-corrected chi connectivity index (χ2v) is 5.19. The lowest BCUT2D eigenvalue weighted by atomic mass is 10.0. The van der Waals surface area contributed by atoms with Crippen LogP contribution in [0, 0.1) is 5.92 Å². The van der Waals surface area contributed by atoms with E-state index in [9.17, 15) is 0 Å². The van der Waals surface area contributed by atoms with Crippen LogP contribution in [0.25, 0.3) is 0 Å². The van der Waals surface area contributed by atoms with Crippen molar-refractivity contribution in [1.29, 1.82) is 0 Å². The molecule has 86 valence electrons. The maximum Gasteiger partial charge on any atom is 0.0290 e. The number of rotatable bonds is 2. The summed E-state index contributed by atoms with van der Waals surface area (Å²) in [5, 5.41) is 3.60. The third-order valence-electron chi connectivity index (χ3n) is 4.13. The summed E-state index contributed by atoms with van der Waals surface area (Å²) in [6, 6.07) is 12.3. The summed E-state index contributed by atoms with van der Waals surface area (Å²) in [5.41, 5.74) is 1.45. The first kappa shape index (κ1) is 10.3. The Hall–Kier alpha value is -0.860. The third-order valence-corrected chi connectivity index (χ3v) is 4.13. The largest absolute Gasteiger partial charge is 0.312 e. The molecule has 2 heteroatoms. The molecule has 3 atom stereocenters. The minimum atomic E-state index is 0.663. The molecule has 2 aliphatic rings. The maximum absolute atomic E-state index is 3.60. The van der Waals surface area contributed by atoms with Gasteiger partial charge in [0.1, 0.15) is 0 Å². The minimum Gasteiger partial charge on any atom is -0.312 e. The van der Waals surface area contributed by atoms with Gasteiger partial charge in [0.2, 0.25) is 0 Å². The number of nitrogens with zero attached hydrogens (tertiary/aromatic N) is 1. The standard InChI is InChI=1S/C14H20N2/c1-11-14-13(9-15-11)7-8-16(14)10-12-5-3-2-4-6-12/h2-6,11,13-15H,7-10H2,1H3. The molecule has 0 saturated carbocycles. The van der Waals surface area contributed by atoms with Crippen molar-refractivity contribution >= 4 is 0 Å². The van der Waals surface area contributed by atoms with Crippen LogP contribution in [0.15, 0.2) is 30.3 Å². The van der Waals surface area contributed by atoms with E-state index >= 15 is 0 Å². The van der Waals surface area contributed by atoms with Gasteiger partial charge in [-0.1, -0.05) is 30.3 Å². The summed E-state index contributed by atoms with van der Waals surface area (Å²) in [7, 11) is 0. The molecule has 2 aliphatic heterocycles. The Morgan fingerprint density at radius 2 is 2.12 bits per heavy atom. The van der Waals surface area contributed by atoms with Gasteiger partial charge in [0.05, 0.1) is 0 Å². The van der Waals surface area contributed by atoms with Crippen LogP contribution in [0.2, 0.25) is 0 Å². The average molecular weight is 216 g/mol. The Balaban J connectivity index is 1.72. The van der Waals surface area contributed by atoms with E-state index < -0.39 is 0 Å². The van der Waals surface area contributed by atoms with E-state index in [1.165, 1.54) is 25.1 Å². The summed E-state index contributed by atoms with van der Waals surface area (Å²) in [6.07, 6.45) is 1.37. The zero-order valence-electron chi connectivity index (χ0n) is 9.89. The summed E-state index contributed by atoms with van der Waals surface area (Å²) < 4.78 is 0. The highest BCUT2D eigenvalue weighted by molar-refractivity contribution is 5.15. The molecule has 0 aromatic heterocycles. The van der Waals surface area contributed by atoms with Gasteiger partial charge >= 0.3 is 0 Å². The van der Waals surface area contributed by atoms with Gasteiger partial charge in [0, 0.05) is 18.6 Å². The van der Waals surface area contributed by atoms with Crippen molar-refractivity contribution in [3.05, 3.63) is 35.9 Å². The SMILES string of the molecule is CC1NCC2CCN(Cc3ccccc3)C21. The van der Waals surface area contributed by atoms with Gasteiger partial charge in [-0.3, -0.25) is 4.90 Å². The molecule has 16 heavy (non-hydrogen) atoms. The molecule has 0 aliphatic carbocycles. The normalized spacial score (nSPS) is 34.2. The van der Waals surface area contributed by atoms with E-state index in [2.05, 4.69) is 47.5 Å². The molecule has 2 fully saturated rings. The molecule has 0 amide bonds. The molecule has 2 saturated heterocycles. The summed E-state index contributed by atoms with van der Waals surface area (Å²) in [6.45, 7) is 5.94. The predicted molar refractivity (Wildman–Crippen MR) is 66.2 cm³/mol. The highest BCUT2D eigenvalue weighted by Gasteiger charge is 2.41. The molecule has 0 spiro atoms. The van der Waals surface area contributed by atoms with E-state index in [0.717, 1.165) is 18.5 Å². The number of benzene rings is 1. The fourth-order valence-electron chi connectivity index (χ4n) is 3.36. The van der Waals surface area contributed by atoms with Crippen LogP contribution in [-0.2, 0) is 6.54 Å². The molecule has 2 heterocycles.